The fourth-order valence-electron chi connectivity index (χ4n) is 2.33. The number of rotatable bonds is 4. The van der Waals surface area contributed by atoms with Crippen LogP contribution in [0.5, 0.6) is 0 Å². The number of nitrogens with zero attached hydrogens (tertiary/aromatic N) is 1. The summed E-state index contributed by atoms with van der Waals surface area (Å²) in [6, 6.07) is 2.29. The molecular weight excluding hydrogens is 266 g/mol. The van der Waals surface area contributed by atoms with Crippen LogP contribution < -0.4 is 11.1 Å². The monoisotopic (exact) mass is 291 g/mol. The summed E-state index contributed by atoms with van der Waals surface area (Å²) < 4.78 is 0. The summed E-state index contributed by atoms with van der Waals surface area (Å²) in [5, 5.41) is 12.6. The first-order valence-corrected chi connectivity index (χ1v) is 7.08. The predicted octanol–water partition coefficient (Wildman–Crippen LogP) is 2.03. The van der Waals surface area contributed by atoms with Crippen LogP contribution in [0.3, 0.4) is 0 Å². The average Bonchev–Trinajstić information content (AvgIpc) is 2.59. The number of allylic oxidation sites excluding steroid dienone is 2. The van der Waals surface area contributed by atoms with Gasteiger partial charge >= 0.3 is 0 Å². The van der Waals surface area contributed by atoms with Gasteiger partial charge < -0.3 is 11.1 Å². The molecule has 5 heteroatoms. The molecule has 0 bridgehead atoms. The summed E-state index contributed by atoms with van der Waals surface area (Å²) in [4.78, 5) is 23.7. The minimum absolute atomic E-state index is 0.0725. The Hall–Kier alpha value is -1.83. The molecule has 0 spiro atoms. The van der Waals surface area contributed by atoms with E-state index in [1.807, 2.05) is 20.8 Å². The van der Waals surface area contributed by atoms with Crippen molar-refractivity contribution in [3.8, 4) is 6.07 Å². The number of primary amides is 1. The number of nitrogens with two attached hydrogens (primary N) is 1. The maximum Gasteiger partial charge on any atom is 0.223 e. The van der Waals surface area contributed by atoms with Crippen molar-refractivity contribution in [2.75, 3.05) is 0 Å². The van der Waals surface area contributed by atoms with Crippen LogP contribution in [-0.2, 0) is 9.59 Å². The Morgan fingerprint density at radius 1 is 1.38 bits per heavy atom. The fraction of sp³-hybridized carbons (Fsp3) is 0.688. The average molecular weight is 291 g/mol. The Balaban J connectivity index is 3.04. The standard InChI is InChI=1S/C16H25N3O2/c1-10(12(20)8-14(2,3)13(18)21)11-7-15(4,5)16(6,9-17)19-11/h19H,7-8H2,1-6H3,(H2,18,21)/b11-10-. The summed E-state index contributed by atoms with van der Waals surface area (Å²) in [5.41, 5.74) is 4.84. The van der Waals surface area contributed by atoms with E-state index >= 15 is 0 Å². The Bertz CT molecular complexity index is 552. The highest BCUT2D eigenvalue weighted by Gasteiger charge is 2.48. The van der Waals surface area contributed by atoms with Gasteiger partial charge in [-0.2, -0.15) is 5.26 Å². The molecule has 0 aromatic carbocycles. The lowest BCUT2D eigenvalue weighted by Crippen LogP contribution is -2.44. The Morgan fingerprint density at radius 2 is 1.90 bits per heavy atom. The molecule has 1 heterocycles. The lowest BCUT2D eigenvalue weighted by atomic mass is 9.75. The summed E-state index contributed by atoms with van der Waals surface area (Å²) in [6.07, 6.45) is 0.703. The molecule has 0 aromatic heterocycles. The Labute approximate surface area is 126 Å². The van der Waals surface area contributed by atoms with Crippen molar-refractivity contribution >= 4 is 11.7 Å². The lowest BCUT2D eigenvalue weighted by Gasteiger charge is -2.30. The zero-order chi connectivity index (χ0) is 16.6. The molecule has 1 amide bonds. The normalized spacial score (nSPS) is 26.7. The quantitative estimate of drug-likeness (QED) is 0.775. The van der Waals surface area contributed by atoms with Gasteiger partial charge in [-0.05, 0) is 20.3 Å². The first-order chi connectivity index (χ1) is 9.36. The second-order valence-electron chi connectivity index (χ2n) is 7.37. The fourth-order valence-corrected chi connectivity index (χ4v) is 2.33. The van der Waals surface area contributed by atoms with E-state index in [1.165, 1.54) is 0 Å². The molecule has 0 saturated carbocycles. The van der Waals surface area contributed by atoms with Crippen LogP contribution >= 0.6 is 0 Å². The van der Waals surface area contributed by atoms with Gasteiger partial charge in [0, 0.05) is 23.1 Å². The number of carbonyl (C=O) groups excluding carboxylic acids is 2. The first-order valence-electron chi connectivity index (χ1n) is 7.08. The van der Waals surface area contributed by atoms with E-state index < -0.39 is 16.9 Å². The number of nitriles is 1. The van der Waals surface area contributed by atoms with Gasteiger partial charge in [0.05, 0.1) is 11.5 Å². The molecule has 1 aliphatic rings. The molecule has 116 valence electrons. The molecule has 1 aliphatic heterocycles. The van der Waals surface area contributed by atoms with Crippen LogP contribution in [-0.4, -0.2) is 17.2 Å². The van der Waals surface area contributed by atoms with Crippen LogP contribution in [0.2, 0.25) is 0 Å². The second-order valence-corrected chi connectivity index (χ2v) is 7.37. The van der Waals surface area contributed by atoms with E-state index in [9.17, 15) is 14.9 Å². The molecule has 21 heavy (non-hydrogen) atoms. The van der Waals surface area contributed by atoms with Gasteiger partial charge in [0.15, 0.2) is 5.78 Å². The number of hydrogen-bond donors (Lipinski definition) is 2. The summed E-state index contributed by atoms with van der Waals surface area (Å²) in [7, 11) is 0. The molecule has 1 fully saturated rings. The minimum Gasteiger partial charge on any atom is -0.370 e. The maximum absolute atomic E-state index is 12.4. The lowest BCUT2D eigenvalue weighted by molar-refractivity contribution is -0.130. The second kappa shape index (κ2) is 5.18. The van der Waals surface area contributed by atoms with Crippen LogP contribution in [0.15, 0.2) is 11.3 Å². The van der Waals surface area contributed by atoms with Gasteiger partial charge in [-0.3, -0.25) is 9.59 Å². The van der Waals surface area contributed by atoms with Crippen LogP contribution in [0, 0.1) is 22.2 Å². The van der Waals surface area contributed by atoms with Gasteiger partial charge in [0.2, 0.25) is 5.91 Å². The molecule has 1 rings (SSSR count). The van der Waals surface area contributed by atoms with E-state index in [0.717, 1.165) is 5.70 Å². The molecule has 0 radical (unpaired) electrons. The summed E-state index contributed by atoms with van der Waals surface area (Å²) in [6.45, 7) is 10.9. The predicted molar refractivity (Wildman–Crippen MR) is 80.9 cm³/mol. The van der Waals surface area contributed by atoms with Crippen LogP contribution in [0.4, 0.5) is 0 Å². The van der Waals surface area contributed by atoms with Crippen molar-refractivity contribution < 1.29 is 9.59 Å². The molecule has 0 aliphatic carbocycles. The molecule has 1 atom stereocenters. The van der Waals surface area contributed by atoms with Gasteiger partial charge in [-0.25, -0.2) is 0 Å². The highest BCUT2D eigenvalue weighted by Crippen LogP contribution is 2.43. The number of hydrogen-bond acceptors (Lipinski definition) is 4. The summed E-state index contributed by atoms with van der Waals surface area (Å²) in [5.74, 6) is -0.602. The highest BCUT2D eigenvalue weighted by molar-refractivity contribution is 5.99. The van der Waals surface area contributed by atoms with E-state index in [4.69, 9.17) is 5.73 Å². The summed E-state index contributed by atoms with van der Waals surface area (Å²) >= 11 is 0. The van der Waals surface area contributed by atoms with Crippen molar-refractivity contribution in [1.82, 2.24) is 5.32 Å². The van der Waals surface area contributed by atoms with E-state index in [-0.39, 0.29) is 17.6 Å². The largest absolute Gasteiger partial charge is 0.370 e. The molecular formula is C16H25N3O2. The van der Waals surface area contributed by atoms with Crippen LogP contribution in [0.1, 0.15) is 54.4 Å². The molecule has 0 aromatic rings. The maximum atomic E-state index is 12.4. The number of carbonyl (C=O) groups is 2. The van der Waals surface area contributed by atoms with Crippen molar-refractivity contribution in [3.63, 3.8) is 0 Å². The number of nitrogens with one attached hydrogen (secondary N) is 1. The molecule has 1 unspecified atom stereocenters. The van der Waals surface area contributed by atoms with Crippen LogP contribution in [0.25, 0.3) is 0 Å². The number of Topliss-reactive ketones (excluding diaryl/α,β-unsaturated/α-hetero) is 1. The zero-order valence-corrected chi connectivity index (χ0v) is 13.8. The van der Waals surface area contributed by atoms with Crippen molar-refractivity contribution in [1.29, 1.82) is 5.26 Å². The Morgan fingerprint density at radius 3 is 2.29 bits per heavy atom. The van der Waals surface area contributed by atoms with Gasteiger partial charge in [0.1, 0.15) is 5.54 Å². The van der Waals surface area contributed by atoms with Crippen molar-refractivity contribution in [3.05, 3.63) is 11.3 Å². The number of amides is 1. The van der Waals surface area contributed by atoms with Gasteiger partial charge in [-0.15, -0.1) is 0 Å². The van der Waals surface area contributed by atoms with E-state index in [0.29, 0.717) is 12.0 Å². The zero-order valence-electron chi connectivity index (χ0n) is 13.8. The molecule has 3 N–H and O–H groups in total. The van der Waals surface area contributed by atoms with Crippen molar-refractivity contribution in [2.24, 2.45) is 16.6 Å². The van der Waals surface area contributed by atoms with Gasteiger partial charge in [0.25, 0.3) is 0 Å². The SMILES string of the molecule is C/C(C(=O)CC(C)(C)C(N)=O)=C1\CC(C)(C)C(C)(C#N)N1. The van der Waals surface area contributed by atoms with E-state index in [2.05, 4.69) is 11.4 Å². The number of ketones is 1. The topological polar surface area (TPSA) is 96.0 Å². The third kappa shape index (κ3) is 3.10. The Kier molecular flexibility index (Phi) is 4.24. The highest BCUT2D eigenvalue weighted by atomic mass is 16.1. The smallest absolute Gasteiger partial charge is 0.223 e. The molecule has 5 nitrogen and oxygen atoms in total. The molecule has 1 saturated heterocycles. The van der Waals surface area contributed by atoms with E-state index in [1.54, 1.807) is 20.8 Å². The first kappa shape index (κ1) is 17.2. The minimum atomic E-state index is -0.869. The van der Waals surface area contributed by atoms with Gasteiger partial charge in [-0.1, -0.05) is 27.7 Å². The third-order valence-corrected chi connectivity index (χ3v) is 4.74. The van der Waals surface area contributed by atoms with Crippen molar-refractivity contribution in [2.45, 2.75) is 59.9 Å². The third-order valence-electron chi connectivity index (χ3n) is 4.74.